The molecule has 0 bridgehead atoms. The van der Waals surface area contributed by atoms with Gasteiger partial charge in [0.05, 0.1) is 0 Å². The second-order valence-corrected chi connectivity index (χ2v) is 5.31. The number of likely N-dealkylation sites (tertiary alicyclic amines) is 1. The van der Waals surface area contributed by atoms with Crippen LogP contribution in [0.15, 0.2) is 0 Å². The topological polar surface area (TPSA) is 3.24 Å². The Bertz CT molecular complexity index is 127. The molecule has 0 N–H and O–H groups in total. The van der Waals surface area contributed by atoms with Gasteiger partial charge in [0.1, 0.15) is 0 Å². The summed E-state index contributed by atoms with van der Waals surface area (Å²) < 4.78 is 0. The van der Waals surface area contributed by atoms with Gasteiger partial charge in [0.15, 0.2) is 0 Å². The molecule has 0 radical (unpaired) electrons. The SMILES string of the molecule is CCC(C)CN1CCCC(Br)C1. The largest absolute Gasteiger partial charge is 0.302 e. The molecule has 1 heterocycles. The second kappa shape index (κ2) is 5.23. The standard InChI is InChI=1S/C10H20BrN/c1-3-9(2)7-12-6-4-5-10(11)8-12/h9-10H,3-8H2,1-2H3. The van der Waals surface area contributed by atoms with E-state index >= 15 is 0 Å². The fraction of sp³-hybridized carbons (Fsp3) is 1.00. The first-order valence-electron chi connectivity index (χ1n) is 5.08. The molecule has 2 heteroatoms. The van der Waals surface area contributed by atoms with E-state index in [0.717, 1.165) is 10.7 Å². The lowest BCUT2D eigenvalue weighted by molar-refractivity contribution is 0.204. The highest BCUT2D eigenvalue weighted by atomic mass is 79.9. The molecule has 72 valence electrons. The zero-order valence-electron chi connectivity index (χ0n) is 8.22. The molecule has 0 aromatic carbocycles. The molecule has 12 heavy (non-hydrogen) atoms. The smallest absolute Gasteiger partial charge is 0.0273 e. The van der Waals surface area contributed by atoms with Gasteiger partial charge in [-0.25, -0.2) is 0 Å². The van der Waals surface area contributed by atoms with Crippen LogP contribution in [0, 0.1) is 5.92 Å². The number of hydrogen-bond donors (Lipinski definition) is 0. The molecule has 0 aromatic heterocycles. The Morgan fingerprint density at radius 2 is 2.33 bits per heavy atom. The van der Waals surface area contributed by atoms with E-state index in [1.54, 1.807) is 0 Å². The summed E-state index contributed by atoms with van der Waals surface area (Å²) >= 11 is 3.70. The molecule has 0 aliphatic carbocycles. The molecule has 1 nitrogen and oxygen atoms in total. The summed E-state index contributed by atoms with van der Waals surface area (Å²) in [5, 5.41) is 0. The van der Waals surface area contributed by atoms with Crippen LogP contribution >= 0.6 is 15.9 Å². The van der Waals surface area contributed by atoms with Gasteiger partial charge in [-0.15, -0.1) is 0 Å². The van der Waals surface area contributed by atoms with Crippen LogP contribution in [-0.4, -0.2) is 29.4 Å². The maximum Gasteiger partial charge on any atom is 0.0273 e. The highest BCUT2D eigenvalue weighted by Gasteiger charge is 2.18. The van der Waals surface area contributed by atoms with Crippen molar-refractivity contribution in [1.82, 2.24) is 4.90 Å². The van der Waals surface area contributed by atoms with Crippen LogP contribution in [0.4, 0.5) is 0 Å². The lowest BCUT2D eigenvalue weighted by Gasteiger charge is -2.31. The van der Waals surface area contributed by atoms with Gasteiger partial charge >= 0.3 is 0 Å². The molecular formula is C10H20BrN. The monoisotopic (exact) mass is 233 g/mol. The zero-order valence-corrected chi connectivity index (χ0v) is 9.81. The molecule has 0 amide bonds. The predicted octanol–water partition coefficient (Wildman–Crippen LogP) is 2.89. The first kappa shape index (κ1) is 10.5. The summed E-state index contributed by atoms with van der Waals surface area (Å²) in [5.41, 5.74) is 0. The molecular weight excluding hydrogens is 214 g/mol. The third-order valence-corrected chi connectivity index (χ3v) is 3.46. The van der Waals surface area contributed by atoms with Crippen molar-refractivity contribution in [2.24, 2.45) is 5.92 Å². The molecule has 0 aromatic rings. The average Bonchev–Trinajstić information content (AvgIpc) is 2.04. The summed E-state index contributed by atoms with van der Waals surface area (Å²) in [4.78, 5) is 3.34. The van der Waals surface area contributed by atoms with E-state index in [9.17, 15) is 0 Å². The van der Waals surface area contributed by atoms with E-state index in [-0.39, 0.29) is 0 Å². The van der Waals surface area contributed by atoms with E-state index in [4.69, 9.17) is 0 Å². The van der Waals surface area contributed by atoms with Gasteiger partial charge in [0.2, 0.25) is 0 Å². The average molecular weight is 234 g/mol. The summed E-state index contributed by atoms with van der Waals surface area (Å²) in [5.74, 6) is 0.864. The van der Waals surface area contributed by atoms with Crippen molar-refractivity contribution >= 4 is 15.9 Å². The van der Waals surface area contributed by atoms with Crippen LogP contribution in [-0.2, 0) is 0 Å². The molecule has 1 fully saturated rings. The molecule has 0 spiro atoms. The molecule has 1 aliphatic heterocycles. The van der Waals surface area contributed by atoms with Crippen molar-refractivity contribution in [3.63, 3.8) is 0 Å². The van der Waals surface area contributed by atoms with Crippen LogP contribution in [0.3, 0.4) is 0 Å². The first-order valence-corrected chi connectivity index (χ1v) is 6.00. The van der Waals surface area contributed by atoms with Gasteiger partial charge in [-0.3, -0.25) is 0 Å². The number of halogens is 1. The van der Waals surface area contributed by atoms with E-state index < -0.39 is 0 Å². The van der Waals surface area contributed by atoms with Crippen LogP contribution in [0.25, 0.3) is 0 Å². The summed E-state index contributed by atoms with van der Waals surface area (Å²) in [6.45, 7) is 8.48. The van der Waals surface area contributed by atoms with Crippen LogP contribution in [0.1, 0.15) is 33.1 Å². The van der Waals surface area contributed by atoms with Gasteiger partial charge < -0.3 is 4.90 Å². The Morgan fingerprint density at radius 1 is 1.58 bits per heavy atom. The van der Waals surface area contributed by atoms with Crippen molar-refractivity contribution in [3.05, 3.63) is 0 Å². The van der Waals surface area contributed by atoms with Gasteiger partial charge in [-0.2, -0.15) is 0 Å². The molecule has 1 rings (SSSR count). The number of hydrogen-bond acceptors (Lipinski definition) is 1. The Balaban J connectivity index is 2.22. The minimum Gasteiger partial charge on any atom is -0.302 e. The molecule has 2 unspecified atom stereocenters. The summed E-state index contributed by atoms with van der Waals surface area (Å²) in [6, 6.07) is 0. The lowest BCUT2D eigenvalue weighted by Crippen LogP contribution is -2.38. The second-order valence-electron chi connectivity index (χ2n) is 4.01. The lowest BCUT2D eigenvalue weighted by atomic mass is 10.1. The maximum absolute atomic E-state index is 3.70. The highest BCUT2D eigenvalue weighted by molar-refractivity contribution is 9.09. The Hall–Kier alpha value is 0.440. The Kier molecular flexibility index (Phi) is 4.59. The van der Waals surface area contributed by atoms with Crippen molar-refractivity contribution in [2.75, 3.05) is 19.6 Å². The van der Waals surface area contributed by atoms with Crippen molar-refractivity contribution in [1.29, 1.82) is 0 Å². The third kappa shape index (κ3) is 3.44. The Labute approximate surface area is 84.6 Å². The highest BCUT2D eigenvalue weighted by Crippen LogP contribution is 2.18. The van der Waals surface area contributed by atoms with E-state index in [1.807, 2.05) is 0 Å². The minimum atomic E-state index is 0.746. The Morgan fingerprint density at radius 3 is 2.92 bits per heavy atom. The molecule has 0 saturated carbocycles. The molecule has 1 saturated heterocycles. The zero-order chi connectivity index (χ0) is 8.97. The fourth-order valence-electron chi connectivity index (χ4n) is 1.73. The number of piperidine rings is 1. The van der Waals surface area contributed by atoms with Crippen LogP contribution in [0.2, 0.25) is 0 Å². The number of nitrogens with zero attached hydrogens (tertiary/aromatic N) is 1. The number of alkyl halides is 1. The van der Waals surface area contributed by atoms with Crippen LogP contribution in [0.5, 0.6) is 0 Å². The van der Waals surface area contributed by atoms with Gasteiger partial charge in [0, 0.05) is 17.9 Å². The maximum atomic E-state index is 3.70. The molecule has 2 atom stereocenters. The summed E-state index contributed by atoms with van der Waals surface area (Å²) in [7, 11) is 0. The van der Waals surface area contributed by atoms with E-state index in [2.05, 4.69) is 34.7 Å². The van der Waals surface area contributed by atoms with E-state index in [0.29, 0.717) is 0 Å². The minimum absolute atomic E-state index is 0.746. The summed E-state index contributed by atoms with van der Waals surface area (Å²) in [6.07, 6.45) is 4.03. The van der Waals surface area contributed by atoms with Gasteiger partial charge in [-0.05, 0) is 25.3 Å². The predicted molar refractivity (Wildman–Crippen MR) is 57.8 cm³/mol. The fourth-order valence-corrected chi connectivity index (χ4v) is 2.47. The quantitative estimate of drug-likeness (QED) is 0.679. The van der Waals surface area contributed by atoms with E-state index in [1.165, 1.54) is 38.9 Å². The molecule has 1 aliphatic rings. The first-order chi connectivity index (χ1) is 5.72. The van der Waals surface area contributed by atoms with Crippen molar-refractivity contribution in [3.8, 4) is 0 Å². The van der Waals surface area contributed by atoms with Gasteiger partial charge in [0.25, 0.3) is 0 Å². The van der Waals surface area contributed by atoms with Gasteiger partial charge in [-0.1, -0.05) is 36.2 Å². The van der Waals surface area contributed by atoms with Crippen LogP contribution < -0.4 is 0 Å². The van der Waals surface area contributed by atoms with Crippen molar-refractivity contribution in [2.45, 2.75) is 37.9 Å². The van der Waals surface area contributed by atoms with Crippen molar-refractivity contribution < 1.29 is 0 Å². The third-order valence-electron chi connectivity index (χ3n) is 2.71. The normalized spacial score (nSPS) is 28.8. The number of rotatable bonds is 3.